The van der Waals surface area contributed by atoms with E-state index in [0.29, 0.717) is 6.04 Å². The fourth-order valence-corrected chi connectivity index (χ4v) is 3.81. The molecular weight excluding hydrogens is 220 g/mol. The SMILES string of the molecule is CC1CC(CN)CN1C1CCc2ccccc2C1. The van der Waals surface area contributed by atoms with E-state index in [1.807, 2.05) is 0 Å². The summed E-state index contributed by atoms with van der Waals surface area (Å²) in [5.41, 5.74) is 8.97. The molecule has 3 rings (SSSR count). The fourth-order valence-electron chi connectivity index (χ4n) is 3.81. The van der Waals surface area contributed by atoms with Gasteiger partial charge in [0.25, 0.3) is 0 Å². The lowest BCUT2D eigenvalue weighted by molar-refractivity contribution is 0.170. The number of aryl methyl sites for hydroxylation is 1. The van der Waals surface area contributed by atoms with E-state index in [0.717, 1.165) is 18.5 Å². The Balaban J connectivity index is 1.72. The van der Waals surface area contributed by atoms with Crippen LogP contribution in [0.4, 0.5) is 0 Å². The van der Waals surface area contributed by atoms with Crippen LogP contribution in [0.3, 0.4) is 0 Å². The average molecular weight is 244 g/mol. The Morgan fingerprint density at radius 2 is 2.06 bits per heavy atom. The van der Waals surface area contributed by atoms with Crippen molar-refractivity contribution in [3.05, 3.63) is 35.4 Å². The maximum atomic E-state index is 5.84. The summed E-state index contributed by atoms with van der Waals surface area (Å²) >= 11 is 0. The number of fused-ring (bicyclic) bond motifs is 1. The van der Waals surface area contributed by atoms with E-state index in [1.54, 1.807) is 11.1 Å². The van der Waals surface area contributed by atoms with E-state index in [9.17, 15) is 0 Å². The Kier molecular flexibility index (Phi) is 3.40. The predicted molar refractivity (Wildman–Crippen MR) is 75.6 cm³/mol. The van der Waals surface area contributed by atoms with Crippen molar-refractivity contribution in [2.24, 2.45) is 11.7 Å². The van der Waals surface area contributed by atoms with E-state index < -0.39 is 0 Å². The second-order valence-electron chi connectivity index (χ2n) is 6.05. The molecule has 1 aromatic carbocycles. The predicted octanol–water partition coefficient (Wildman–Crippen LogP) is 2.21. The van der Waals surface area contributed by atoms with Gasteiger partial charge in [-0.1, -0.05) is 24.3 Å². The molecule has 0 amide bonds. The van der Waals surface area contributed by atoms with Crippen LogP contribution in [0.2, 0.25) is 0 Å². The fraction of sp³-hybridized carbons (Fsp3) is 0.625. The number of nitrogens with zero attached hydrogens (tertiary/aromatic N) is 1. The number of benzene rings is 1. The molecule has 0 spiro atoms. The van der Waals surface area contributed by atoms with Gasteiger partial charge >= 0.3 is 0 Å². The summed E-state index contributed by atoms with van der Waals surface area (Å²) in [6.07, 6.45) is 5.09. The van der Waals surface area contributed by atoms with Crippen LogP contribution in [0.1, 0.15) is 30.9 Å². The molecule has 98 valence electrons. The lowest BCUT2D eigenvalue weighted by atomic mass is 9.87. The molecule has 3 unspecified atom stereocenters. The first-order valence-electron chi connectivity index (χ1n) is 7.30. The van der Waals surface area contributed by atoms with Crippen molar-refractivity contribution in [3.8, 4) is 0 Å². The van der Waals surface area contributed by atoms with Crippen molar-refractivity contribution >= 4 is 0 Å². The second kappa shape index (κ2) is 5.02. The van der Waals surface area contributed by atoms with Crippen LogP contribution in [-0.4, -0.2) is 30.1 Å². The molecule has 0 saturated carbocycles. The van der Waals surface area contributed by atoms with Crippen molar-refractivity contribution in [1.82, 2.24) is 4.90 Å². The Hall–Kier alpha value is -0.860. The Morgan fingerprint density at radius 3 is 2.78 bits per heavy atom. The van der Waals surface area contributed by atoms with Gasteiger partial charge in [-0.3, -0.25) is 4.90 Å². The maximum Gasteiger partial charge on any atom is 0.0142 e. The third-order valence-corrected chi connectivity index (χ3v) is 4.83. The molecule has 2 aliphatic rings. The largest absolute Gasteiger partial charge is 0.330 e. The van der Waals surface area contributed by atoms with Crippen molar-refractivity contribution in [2.45, 2.75) is 44.7 Å². The molecule has 2 nitrogen and oxygen atoms in total. The second-order valence-corrected chi connectivity index (χ2v) is 6.05. The van der Waals surface area contributed by atoms with Gasteiger partial charge in [0.1, 0.15) is 0 Å². The van der Waals surface area contributed by atoms with E-state index in [-0.39, 0.29) is 0 Å². The summed E-state index contributed by atoms with van der Waals surface area (Å²) in [7, 11) is 0. The monoisotopic (exact) mass is 244 g/mol. The first kappa shape index (κ1) is 12.2. The zero-order valence-electron chi connectivity index (χ0n) is 11.3. The van der Waals surface area contributed by atoms with Gasteiger partial charge in [-0.15, -0.1) is 0 Å². The van der Waals surface area contributed by atoms with Crippen LogP contribution in [0.25, 0.3) is 0 Å². The summed E-state index contributed by atoms with van der Waals surface area (Å²) in [5, 5.41) is 0. The highest BCUT2D eigenvalue weighted by atomic mass is 15.2. The summed E-state index contributed by atoms with van der Waals surface area (Å²) < 4.78 is 0. The highest BCUT2D eigenvalue weighted by molar-refractivity contribution is 5.30. The van der Waals surface area contributed by atoms with E-state index in [2.05, 4.69) is 36.1 Å². The molecule has 0 aromatic heterocycles. The van der Waals surface area contributed by atoms with Crippen LogP contribution in [0.5, 0.6) is 0 Å². The minimum Gasteiger partial charge on any atom is -0.330 e. The van der Waals surface area contributed by atoms with Crippen molar-refractivity contribution in [2.75, 3.05) is 13.1 Å². The number of hydrogen-bond acceptors (Lipinski definition) is 2. The van der Waals surface area contributed by atoms with Gasteiger partial charge in [-0.25, -0.2) is 0 Å². The third kappa shape index (κ3) is 2.19. The van der Waals surface area contributed by atoms with Crippen molar-refractivity contribution in [3.63, 3.8) is 0 Å². The molecule has 2 heteroatoms. The highest BCUT2D eigenvalue weighted by Crippen LogP contribution is 2.31. The normalized spacial score (nSPS) is 32.4. The van der Waals surface area contributed by atoms with Crippen molar-refractivity contribution < 1.29 is 0 Å². The summed E-state index contributed by atoms with van der Waals surface area (Å²) in [6.45, 7) is 4.44. The molecule has 1 saturated heterocycles. The molecular formula is C16H24N2. The van der Waals surface area contributed by atoms with Gasteiger partial charge in [-0.2, -0.15) is 0 Å². The van der Waals surface area contributed by atoms with E-state index in [1.165, 1.54) is 32.2 Å². The first-order chi connectivity index (χ1) is 8.78. The standard InChI is InChI=1S/C16H24N2/c1-12-8-13(10-17)11-18(12)16-7-6-14-4-2-3-5-15(14)9-16/h2-5,12-13,16H,6-11,17H2,1H3. The summed E-state index contributed by atoms with van der Waals surface area (Å²) in [6, 6.07) is 10.4. The summed E-state index contributed by atoms with van der Waals surface area (Å²) in [5.74, 6) is 0.720. The molecule has 2 N–H and O–H groups in total. The molecule has 1 fully saturated rings. The highest BCUT2D eigenvalue weighted by Gasteiger charge is 2.34. The smallest absolute Gasteiger partial charge is 0.0142 e. The lowest BCUT2D eigenvalue weighted by Gasteiger charge is -2.35. The van der Waals surface area contributed by atoms with Crippen LogP contribution in [-0.2, 0) is 12.8 Å². The van der Waals surface area contributed by atoms with E-state index >= 15 is 0 Å². The Labute approximate surface area is 110 Å². The van der Waals surface area contributed by atoms with Gasteiger partial charge < -0.3 is 5.73 Å². The zero-order chi connectivity index (χ0) is 12.5. The Bertz CT molecular complexity index is 415. The number of nitrogens with two attached hydrogens (primary N) is 1. The molecule has 1 heterocycles. The van der Waals surface area contributed by atoms with Gasteiger partial charge in [0, 0.05) is 18.6 Å². The molecule has 1 aliphatic heterocycles. The molecule has 1 aromatic rings. The molecule has 3 atom stereocenters. The number of rotatable bonds is 2. The molecule has 1 aliphatic carbocycles. The van der Waals surface area contributed by atoms with Crippen LogP contribution < -0.4 is 5.73 Å². The van der Waals surface area contributed by atoms with Gasteiger partial charge in [-0.05, 0) is 56.2 Å². The Morgan fingerprint density at radius 1 is 1.28 bits per heavy atom. The minimum absolute atomic E-state index is 0.716. The topological polar surface area (TPSA) is 29.3 Å². The number of likely N-dealkylation sites (tertiary alicyclic amines) is 1. The average Bonchev–Trinajstić information content (AvgIpc) is 2.79. The van der Waals surface area contributed by atoms with Crippen LogP contribution in [0, 0.1) is 5.92 Å². The zero-order valence-corrected chi connectivity index (χ0v) is 11.3. The maximum absolute atomic E-state index is 5.84. The molecule has 0 bridgehead atoms. The van der Waals surface area contributed by atoms with Gasteiger partial charge in [0.05, 0.1) is 0 Å². The van der Waals surface area contributed by atoms with E-state index in [4.69, 9.17) is 5.73 Å². The minimum atomic E-state index is 0.716. The summed E-state index contributed by atoms with van der Waals surface area (Å²) in [4.78, 5) is 2.72. The van der Waals surface area contributed by atoms with Gasteiger partial charge in [0.2, 0.25) is 0 Å². The van der Waals surface area contributed by atoms with Gasteiger partial charge in [0.15, 0.2) is 0 Å². The quantitative estimate of drug-likeness (QED) is 0.864. The number of hydrogen-bond donors (Lipinski definition) is 1. The van der Waals surface area contributed by atoms with Crippen molar-refractivity contribution in [1.29, 1.82) is 0 Å². The molecule has 18 heavy (non-hydrogen) atoms. The van der Waals surface area contributed by atoms with Crippen LogP contribution in [0.15, 0.2) is 24.3 Å². The van der Waals surface area contributed by atoms with Crippen LogP contribution >= 0.6 is 0 Å². The third-order valence-electron chi connectivity index (χ3n) is 4.83. The first-order valence-corrected chi connectivity index (χ1v) is 7.30. The lowest BCUT2D eigenvalue weighted by Crippen LogP contribution is -2.41. The molecule has 0 radical (unpaired) electrons.